The van der Waals surface area contributed by atoms with E-state index in [0.717, 1.165) is 24.3 Å². The van der Waals surface area contributed by atoms with Gasteiger partial charge in [-0.1, -0.05) is 26.0 Å². The number of nitrogens with zero attached hydrogens (tertiary/aromatic N) is 2. The molecule has 7 nitrogen and oxygen atoms in total. The van der Waals surface area contributed by atoms with Gasteiger partial charge in [0, 0.05) is 25.2 Å². The number of amides is 2. The molecule has 0 radical (unpaired) electrons. The van der Waals surface area contributed by atoms with E-state index in [1.807, 2.05) is 32.8 Å². The van der Waals surface area contributed by atoms with E-state index in [1.54, 1.807) is 6.92 Å². The van der Waals surface area contributed by atoms with Gasteiger partial charge < -0.3 is 20.2 Å². The molecule has 47 heavy (non-hydrogen) atoms. The number of alkyl halides is 3. The van der Waals surface area contributed by atoms with Crippen LogP contribution in [0.3, 0.4) is 0 Å². The molecule has 1 unspecified atom stereocenters. The number of carboxylic acid groups (broad SMARTS) is 1. The number of allylic oxidation sites excluding steroid dienone is 1. The van der Waals surface area contributed by atoms with Gasteiger partial charge in [0.25, 0.3) is 0 Å². The highest BCUT2D eigenvalue weighted by molar-refractivity contribution is 5.94. The summed E-state index contributed by atoms with van der Waals surface area (Å²) in [6.45, 7) is 14.8. The highest BCUT2D eigenvalue weighted by atomic mass is 19.4. The predicted molar refractivity (Wildman–Crippen MR) is 176 cm³/mol. The SMILES string of the molecule is C=C(CCN(C)C)/C(C)=C\C(=O)N(C)C(CC(C)C)C(=O)N[C@@H](CC(=O)O)c1cc(-c2c(C)cc(C(F)(F)F)cc2C)cc(C)c1F. The molecule has 0 aliphatic carbocycles. The molecule has 0 aliphatic rings. The Hall–Kier alpha value is -3.99. The molecule has 0 heterocycles. The standard InChI is InChI=1S/C36H47F4N3O4/c1-20(2)13-30(43(10)31(44)17-22(4)21(3)11-12-42(8)9)35(47)41-29(19-32(45)46)28-18-26(14-25(7)34(28)37)33-23(5)15-27(16-24(33)6)36(38,39)40/h14-18,20,29-30H,3,11-13,19H2,1-2,4-10H3,(H,41,47)(H,45,46)/b22-17-/t29-,30?/m0/s1. The van der Waals surface area contributed by atoms with Crippen molar-refractivity contribution in [3.63, 3.8) is 0 Å². The number of aryl methyl sites for hydroxylation is 3. The summed E-state index contributed by atoms with van der Waals surface area (Å²) >= 11 is 0. The average molecular weight is 662 g/mol. The maximum Gasteiger partial charge on any atom is 0.416 e. The van der Waals surface area contributed by atoms with Gasteiger partial charge >= 0.3 is 12.1 Å². The van der Waals surface area contributed by atoms with Crippen molar-refractivity contribution in [2.24, 2.45) is 5.92 Å². The minimum absolute atomic E-state index is 0.0352. The third-order valence-corrected chi connectivity index (χ3v) is 8.07. The summed E-state index contributed by atoms with van der Waals surface area (Å²) < 4.78 is 56.0. The molecule has 2 aromatic carbocycles. The summed E-state index contributed by atoms with van der Waals surface area (Å²) in [6.07, 6.45) is -2.92. The van der Waals surface area contributed by atoms with Gasteiger partial charge in [-0.15, -0.1) is 0 Å². The summed E-state index contributed by atoms with van der Waals surface area (Å²) in [4.78, 5) is 42.3. The first-order valence-electron chi connectivity index (χ1n) is 15.4. The summed E-state index contributed by atoms with van der Waals surface area (Å²) in [5.74, 6) is -3.20. The van der Waals surface area contributed by atoms with Crippen LogP contribution in [-0.2, 0) is 20.6 Å². The first kappa shape index (κ1) is 39.2. The molecule has 11 heteroatoms. The monoisotopic (exact) mass is 661 g/mol. The van der Waals surface area contributed by atoms with Gasteiger partial charge in [-0.2, -0.15) is 13.2 Å². The molecule has 2 amide bonds. The third-order valence-electron chi connectivity index (χ3n) is 8.07. The van der Waals surface area contributed by atoms with Crippen LogP contribution in [0, 0.1) is 32.5 Å². The number of hydrogen-bond donors (Lipinski definition) is 2. The minimum atomic E-state index is -4.55. The van der Waals surface area contributed by atoms with Crippen LogP contribution in [0.5, 0.6) is 0 Å². The van der Waals surface area contributed by atoms with Crippen LogP contribution < -0.4 is 5.32 Å². The van der Waals surface area contributed by atoms with Crippen LogP contribution in [0.4, 0.5) is 17.6 Å². The fourth-order valence-electron chi connectivity index (χ4n) is 5.44. The molecule has 0 bridgehead atoms. The molecule has 0 saturated heterocycles. The zero-order valence-corrected chi connectivity index (χ0v) is 28.7. The molecule has 0 aliphatic heterocycles. The zero-order valence-electron chi connectivity index (χ0n) is 28.7. The molecule has 0 saturated carbocycles. The summed E-state index contributed by atoms with van der Waals surface area (Å²) in [5, 5.41) is 12.4. The van der Waals surface area contributed by atoms with E-state index in [1.165, 1.54) is 50.9 Å². The predicted octanol–water partition coefficient (Wildman–Crippen LogP) is 7.40. The van der Waals surface area contributed by atoms with E-state index in [-0.39, 0.29) is 23.5 Å². The number of halogens is 4. The first-order valence-corrected chi connectivity index (χ1v) is 15.4. The van der Waals surface area contributed by atoms with Gasteiger partial charge in [-0.3, -0.25) is 14.4 Å². The quantitative estimate of drug-likeness (QED) is 0.125. The molecule has 2 aromatic rings. The number of aliphatic carboxylic acids is 1. The number of rotatable bonds is 14. The lowest BCUT2D eigenvalue weighted by molar-refractivity contribution is -0.139. The number of likely N-dealkylation sites (N-methyl/N-ethyl adjacent to an activating group) is 1. The van der Waals surface area contributed by atoms with Crippen molar-refractivity contribution in [3.05, 3.63) is 81.7 Å². The van der Waals surface area contributed by atoms with Crippen LogP contribution in [0.1, 0.15) is 73.9 Å². The number of carbonyl (C=O) groups is 3. The third kappa shape index (κ3) is 10.8. The lowest BCUT2D eigenvalue weighted by Gasteiger charge is -2.30. The van der Waals surface area contributed by atoms with E-state index < -0.39 is 53.8 Å². The lowest BCUT2D eigenvalue weighted by atomic mass is 9.89. The van der Waals surface area contributed by atoms with Gasteiger partial charge in [-0.25, -0.2) is 4.39 Å². The molecule has 0 fully saturated rings. The summed E-state index contributed by atoms with van der Waals surface area (Å²) in [7, 11) is 5.34. The zero-order chi connectivity index (χ0) is 36.0. The molecule has 0 aromatic heterocycles. The smallest absolute Gasteiger partial charge is 0.416 e. The number of carboxylic acids is 1. The van der Waals surface area contributed by atoms with Crippen LogP contribution in [-0.4, -0.2) is 66.4 Å². The van der Waals surface area contributed by atoms with Crippen molar-refractivity contribution < 1.29 is 37.1 Å². The molecule has 0 spiro atoms. The van der Waals surface area contributed by atoms with E-state index in [4.69, 9.17) is 0 Å². The Morgan fingerprint density at radius 3 is 2.06 bits per heavy atom. The summed E-state index contributed by atoms with van der Waals surface area (Å²) in [6, 6.07) is 2.52. The van der Waals surface area contributed by atoms with Crippen molar-refractivity contribution in [1.29, 1.82) is 0 Å². The van der Waals surface area contributed by atoms with Crippen LogP contribution in [0.2, 0.25) is 0 Å². The molecule has 258 valence electrons. The summed E-state index contributed by atoms with van der Waals surface area (Å²) in [5.41, 5.74) is 2.06. The van der Waals surface area contributed by atoms with Crippen molar-refractivity contribution in [3.8, 4) is 11.1 Å². The van der Waals surface area contributed by atoms with Crippen LogP contribution >= 0.6 is 0 Å². The molecule has 2 N–H and O–H groups in total. The fourth-order valence-corrected chi connectivity index (χ4v) is 5.44. The van der Waals surface area contributed by atoms with Crippen LogP contribution in [0.15, 0.2) is 48.1 Å². The van der Waals surface area contributed by atoms with Crippen molar-refractivity contribution in [1.82, 2.24) is 15.1 Å². The second-order valence-corrected chi connectivity index (χ2v) is 12.9. The molecular formula is C36H47F4N3O4. The van der Waals surface area contributed by atoms with E-state index in [9.17, 15) is 32.7 Å². The van der Waals surface area contributed by atoms with Gasteiger partial charge in [0.1, 0.15) is 11.9 Å². The highest BCUT2D eigenvalue weighted by Crippen LogP contribution is 2.37. The van der Waals surface area contributed by atoms with Crippen LogP contribution in [0.25, 0.3) is 11.1 Å². The van der Waals surface area contributed by atoms with E-state index in [0.29, 0.717) is 34.2 Å². The first-order chi connectivity index (χ1) is 21.6. The maximum absolute atomic E-state index is 15.7. The van der Waals surface area contributed by atoms with Crippen molar-refractivity contribution in [2.75, 3.05) is 27.7 Å². The Labute approximate surface area is 275 Å². The maximum atomic E-state index is 15.7. The van der Waals surface area contributed by atoms with E-state index >= 15 is 4.39 Å². The fraction of sp³-hybridized carbons (Fsp3) is 0.472. The lowest BCUT2D eigenvalue weighted by Crippen LogP contribution is -2.49. The molecule has 2 atom stereocenters. The highest BCUT2D eigenvalue weighted by Gasteiger charge is 2.33. The number of carbonyl (C=O) groups excluding carboxylic acids is 2. The Kier molecular flexibility index (Phi) is 13.5. The molecule has 2 rings (SSSR count). The van der Waals surface area contributed by atoms with Gasteiger partial charge in [0.15, 0.2) is 0 Å². The average Bonchev–Trinajstić information content (AvgIpc) is 2.94. The molecular weight excluding hydrogens is 614 g/mol. The number of benzene rings is 2. The van der Waals surface area contributed by atoms with Gasteiger partial charge in [0.05, 0.1) is 18.0 Å². The van der Waals surface area contributed by atoms with Gasteiger partial charge in [-0.05, 0) is 118 Å². The minimum Gasteiger partial charge on any atom is -0.481 e. The Morgan fingerprint density at radius 2 is 1.57 bits per heavy atom. The Balaban J connectivity index is 2.54. The van der Waals surface area contributed by atoms with Crippen molar-refractivity contribution >= 4 is 17.8 Å². The number of hydrogen-bond acceptors (Lipinski definition) is 4. The largest absolute Gasteiger partial charge is 0.481 e. The normalized spacial score (nSPS) is 13.5. The Morgan fingerprint density at radius 1 is 1.00 bits per heavy atom. The second-order valence-electron chi connectivity index (χ2n) is 12.9. The van der Waals surface area contributed by atoms with Crippen molar-refractivity contribution in [2.45, 2.75) is 79.1 Å². The second kappa shape index (κ2) is 16.2. The number of nitrogens with one attached hydrogen (secondary N) is 1. The topological polar surface area (TPSA) is 90.0 Å². The Bertz CT molecular complexity index is 1510. The van der Waals surface area contributed by atoms with E-state index in [2.05, 4.69) is 11.9 Å². The van der Waals surface area contributed by atoms with Gasteiger partial charge in [0.2, 0.25) is 11.8 Å².